The first-order valence-electron chi connectivity index (χ1n) is 6.57. The average Bonchev–Trinajstić information content (AvgIpc) is 2.42. The second kappa shape index (κ2) is 6.02. The summed E-state index contributed by atoms with van der Waals surface area (Å²) in [7, 11) is 1.94. The van der Waals surface area contributed by atoms with Gasteiger partial charge in [0.2, 0.25) is 0 Å². The van der Waals surface area contributed by atoms with Crippen molar-refractivity contribution in [2.24, 2.45) is 0 Å². The molecule has 3 N–H and O–H groups in total. The Labute approximate surface area is 112 Å². The molecule has 19 heavy (non-hydrogen) atoms. The summed E-state index contributed by atoms with van der Waals surface area (Å²) >= 11 is 0. The van der Waals surface area contributed by atoms with Gasteiger partial charge in [-0.25, -0.2) is 4.39 Å². The van der Waals surface area contributed by atoms with E-state index in [1.54, 1.807) is 0 Å². The normalized spacial score (nSPS) is 23.1. The minimum atomic E-state index is -0.526. The molecule has 0 spiro atoms. The smallest absolute Gasteiger partial charge is 0.255 e. The Bertz CT molecular complexity index is 457. The fourth-order valence-electron chi connectivity index (χ4n) is 2.48. The summed E-state index contributed by atoms with van der Waals surface area (Å²) < 4.78 is 13.1. The second-order valence-corrected chi connectivity index (χ2v) is 4.97. The third-order valence-electron chi connectivity index (χ3n) is 3.67. The minimum Gasteiger partial charge on any atom is -0.507 e. The molecule has 1 aliphatic carbocycles. The molecule has 0 aliphatic heterocycles. The van der Waals surface area contributed by atoms with E-state index in [2.05, 4.69) is 10.6 Å². The van der Waals surface area contributed by atoms with E-state index in [0.29, 0.717) is 6.04 Å². The molecule has 1 amide bonds. The van der Waals surface area contributed by atoms with Crippen LogP contribution in [0.2, 0.25) is 0 Å². The largest absolute Gasteiger partial charge is 0.507 e. The van der Waals surface area contributed by atoms with Crippen LogP contribution in [0.5, 0.6) is 5.75 Å². The maximum atomic E-state index is 13.1. The number of hydrogen-bond acceptors (Lipinski definition) is 3. The van der Waals surface area contributed by atoms with Crippen LogP contribution < -0.4 is 10.6 Å². The van der Waals surface area contributed by atoms with Crippen LogP contribution in [0.25, 0.3) is 0 Å². The molecule has 1 aliphatic rings. The number of phenols is 1. The van der Waals surface area contributed by atoms with Gasteiger partial charge in [-0.05, 0) is 50.9 Å². The van der Waals surface area contributed by atoms with Crippen molar-refractivity contribution in [1.29, 1.82) is 0 Å². The molecule has 0 unspecified atom stereocenters. The molecule has 1 fully saturated rings. The summed E-state index contributed by atoms with van der Waals surface area (Å²) in [6.07, 6.45) is 3.81. The first-order valence-corrected chi connectivity index (χ1v) is 6.57. The monoisotopic (exact) mass is 266 g/mol. The molecule has 104 valence electrons. The van der Waals surface area contributed by atoms with Crippen molar-refractivity contribution in [2.75, 3.05) is 7.05 Å². The van der Waals surface area contributed by atoms with Crippen LogP contribution in [-0.2, 0) is 0 Å². The summed E-state index contributed by atoms with van der Waals surface area (Å²) in [4.78, 5) is 12.0. The zero-order chi connectivity index (χ0) is 13.8. The fourth-order valence-corrected chi connectivity index (χ4v) is 2.48. The van der Waals surface area contributed by atoms with Crippen LogP contribution >= 0.6 is 0 Å². The molecule has 1 saturated carbocycles. The Morgan fingerprint density at radius 3 is 2.53 bits per heavy atom. The predicted octanol–water partition coefficient (Wildman–Crippen LogP) is 1.79. The molecule has 1 aromatic rings. The van der Waals surface area contributed by atoms with Gasteiger partial charge < -0.3 is 15.7 Å². The Morgan fingerprint density at radius 1 is 1.26 bits per heavy atom. The highest BCUT2D eigenvalue weighted by Gasteiger charge is 2.22. The van der Waals surface area contributed by atoms with Gasteiger partial charge in [0.25, 0.3) is 5.91 Å². The van der Waals surface area contributed by atoms with Crippen LogP contribution in [0.4, 0.5) is 4.39 Å². The lowest BCUT2D eigenvalue weighted by molar-refractivity contribution is 0.0921. The zero-order valence-electron chi connectivity index (χ0n) is 10.9. The van der Waals surface area contributed by atoms with Crippen LogP contribution in [0.3, 0.4) is 0 Å². The summed E-state index contributed by atoms with van der Waals surface area (Å²) in [5.74, 6) is -1.13. The van der Waals surface area contributed by atoms with Crippen LogP contribution in [0.15, 0.2) is 18.2 Å². The zero-order valence-corrected chi connectivity index (χ0v) is 10.9. The Kier molecular flexibility index (Phi) is 4.37. The highest BCUT2D eigenvalue weighted by molar-refractivity contribution is 5.96. The van der Waals surface area contributed by atoms with Gasteiger partial charge in [0.1, 0.15) is 11.6 Å². The van der Waals surface area contributed by atoms with Gasteiger partial charge in [-0.3, -0.25) is 4.79 Å². The maximum Gasteiger partial charge on any atom is 0.255 e. The third-order valence-corrected chi connectivity index (χ3v) is 3.67. The molecular weight excluding hydrogens is 247 g/mol. The number of phenolic OH excluding ortho intramolecular Hbond substituents is 1. The molecule has 0 radical (unpaired) electrons. The highest BCUT2D eigenvalue weighted by atomic mass is 19.1. The summed E-state index contributed by atoms with van der Waals surface area (Å²) in [5, 5.41) is 15.7. The van der Waals surface area contributed by atoms with Gasteiger partial charge in [0.15, 0.2) is 0 Å². The number of amides is 1. The van der Waals surface area contributed by atoms with Crippen molar-refractivity contribution in [2.45, 2.75) is 37.8 Å². The quantitative estimate of drug-likeness (QED) is 0.781. The van der Waals surface area contributed by atoms with Crippen molar-refractivity contribution in [1.82, 2.24) is 10.6 Å². The van der Waals surface area contributed by atoms with Crippen molar-refractivity contribution in [3.05, 3.63) is 29.6 Å². The number of carbonyl (C=O) groups is 1. The first kappa shape index (κ1) is 13.8. The van der Waals surface area contributed by atoms with Crippen LogP contribution in [0, 0.1) is 5.82 Å². The number of aromatic hydroxyl groups is 1. The van der Waals surface area contributed by atoms with E-state index in [1.165, 1.54) is 6.07 Å². The Hall–Kier alpha value is -1.62. The summed E-state index contributed by atoms with van der Waals surface area (Å²) in [6, 6.07) is 3.99. The van der Waals surface area contributed by atoms with E-state index in [-0.39, 0.29) is 17.4 Å². The number of nitrogens with one attached hydrogen (secondary N) is 2. The molecule has 1 aromatic carbocycles. The predicted molar refractivity (Wildman–Crippen MR) is 70.6 cm³/mol. The molecule has 0 saturated heterocycles. The van der Waals surface area contributed by atoms with Gasteiger partial charge in [-0.1, -0.05) is 0 Å². The minimum absolute atomic E-state index is 0.00394. The van der Waals surface area contributed by atoms with Crippen molar-refractivity contribution in [3.8, 4) is 5.75 Å². The van der Waals surface area contributed by atoms with E-state index in [1.807, 2.05) is 7.05 Å². The van der Waals surface area contributed by atoms with E-state index in [9.17, 15) is 14.3 Å². The molecule has 0 bridgehead atoms. The molecule has 0 heterocycles. The SMILES string of the molecule is CNC1CCC(NC(=O)c2cc(F)ccc2O)CC1. The topological polar surface area (TPSA) is 61.4 Å². The molecule has 4 nitrogen and oxygen atoms in total. The lowest BCUT2D eigenvalue weighted by Gasteiger charge is -2.28. The molecule has 0 atom stereocenters. The van der Waals surface area contributed by atoms with Gasteiger partial charge >= 0.3 is 0 Å². The maximum absolute atomic E-state index is 13.1. The second-order valence-electron chi connectivity index (χ2n) is 4.97. The lowest BCUT2D eigenvalue weighted by Crippen LogP contribution is -2.41. The first-order chi connectivity index (χ1) is 9.10. The van der Waals surface area contributed by atoms with Crippen molar-refractivity contribution >= 4 is 5.91 Å². The van der Waals surface area contributed by atoms with Gasteiger partial charge in [-0.15, -0.1) is 0 Å². The molecule has 0 aromatic heterocycles. The Balaban J connectivity index is 1.96. The average molecular weight is 266 g/mol. The number of rotatable bonds is 3. The molecular formula is C14H19FN2O2. The van der Waals surface area contributed by atoms with Crippen LogP contribution in [0.1, 0.15) is 36.0 Å². The van der Waals surface area contributed by atoms with E-state index < -0.39 is 11.7 Å². The van der Waals surface area contributed by atoms with E-state index >= 15 is 0 Å². The molecule has 2 rings (SSSR count). The fraction of sp³-hybridized carbons (Fsp3) is 0.500. The van der Waals surface area contributed by atoms with E-state index in [0.717, 1.165) is 37.8 Å². The highest BCUT2D eigenvalue weighted by Crippen LogP contribution is 2.21. The van der Waals surface area contributed by atoms with Gasteiger partial charge in [0, 0.05) is 12.1 Å². The standard InChI is InChI=1S/C14H19FN2O2/c1-16-10-3-5-11(6-4-10)17-14(19)12-8-9(15)2-7-13(12)18/h2,7-8,10-11,16,18H,3-6H2,1H3,(H,17,19). The van der Waals surface area contributed by atoms with Gasteiger partial charge in [-0.2, -0.15) is 0 Å². The summed E-state index contributed by atoms with van der Waals surface area (Å²) in [5.41, 5.74) is -0.00394. The number of carbonyl (C=O) groups excluding carboxylic acids is 1. The van der Waals surface area contributed by atoms with E-state index in [4.69, 9.17) is 0 Å². The number of benzene rings is 1. The van der Waals surface area contributed by atoms with Crippen LogP contribution in [-0.4, -0.2) is 30.1 Å². The number of halogens is 1. The summed E-state index contributed by atoms with van der Waals surface area (Å²) in [6.45, 7) is 0. The Morgan fingerprint density at radius 2 is 1.89 bits per heavy atom. The number of hydrogen-bond donors (Lipinski definition) is 3. The third kappa shape index (κ3) is 3.44. The van der Waals surface area contributed by atoms with Gasteiger partial charge in [0.05, 0.1) is 5.56 Å². The molecule has 5 heteroatoms. The lowest BCUT2D eigenvalue weighted by atomic mass is 9.91. The van der Waals surface area contributed by atoms with Crippen molar-refractivity contribution < 1.29 is 14.3 Å². The van der Waals surface area contributed by atoms with Crippen molar-refractivity contribution in [3.63, 3.8) is 0 Å².